The van der Waals surface area contributed by atoms with Crippen molar-refractivity contribution in [2.24, 2.45) is 5.10 Å². The quantitative estimate of drug-likeness (QED) is 0.254. The number of hydrazone groups is 1. The molecule has 2 rings (SSSR count). The fourth-order valence-electron chi connectivity index (χ4n) is 1.85. The van der Waals surface area contributed by atoms with Gasteiger partial charge in [0.1, 0.15) is 5.25 Å². The van der Waals surface area contributed by atoms with Gasteiger partial charge in [-0.2, -0.15) is 5.10 Å². The number of ether oxygens (including phenoxy) is 1. The molecule has 26 heavy (non-hydrogen) atoms. The fourth-order valence-corrected chi connectivity index (χ4v) is 2.69. The first kappa shape index (κ1) is 19.4. The molecule has 0 fully saturated rings. The van der Waals surface area contributed by atoms with Crippen LogP contribution in [0.15, 0.2) is 59.0 Å². The summed E-state index contributed by atoms with van der Waals surface area (Å²) in [5, 5.41) is 6.27. The Morgan fingerprint density at radius 1 is 1.19 bits per heavy atom. The highest BCUT2D eigenvalue weighted by atomic mass is 32.2. The number of thioether (sulfide) groups is 1. The van der Waals surface area contributed by atoms with Crippen LogP contribution in [0.5, 0.6) is 0 Å². The van der Waals surface area contributed by atoms with Crippen molar-refractivity contribution in [3.63, 3.8) is 0 Å². The average Bonchev–Trinajstić information content (AvgIpc) is 2.66. The maximum Gasteiger partial charge on any atom is 0.339 e. The normalized spacial score (nSPS) is 12.2. The van der Waals surface area contributed by atoms with Gasteiger partial charge in [0.2, 0.25) is 0 Å². The highest BCUT2D eigenvalue weighted by Crippen LogP contribution is 2.21. The van der Waals surface area contributed by atoms with Crippen molar-refractivity contribution in [2.75, 3.05) is 11.9 Å². The van der Waals surface area contributed by atoms with Crippen molar-refractivity contribution >= 4 is 35.2 Å². The largest absolute Gasteiger partial charge is 0.465 e. The Kier molecular flexibility index (Phi) is 7.56. The Bertz CT molecular complexity index is 756. The van der Waals surface area contributed by atoms with Crippen molar-refractivity contribution in [3.05, 3.63) is 48.8 Å². The summed E-state index contributed by atoms with van der Waals surface area (Å²) < 4.78 is 5.08. The molecule has 0 aliphatic heterocycles. The molecule has 2 amide bonds. The molecule has 0 saturated heterocycles. The lowest BCUT2D eigenvalue weighted by Gasteiger charge is -2.14. The second kappa shape index (κ2) is 10.1. The van der Waals surface area contributed by atoms with Gasteiger partial charge in [0, 0.05) is 18.1 Å². The number of anilines is 1. The molecule has 0 bridgehead atoms. The molecule has 0 aliphatic carbocycles. The Morgan fingerprint density at radius 2 is 1.88 bits per heavy atom. The van der Waals surface area contributed by atoms with Crippen LogP contribution in [0.2, 0.25) is 0 Å². The van der Waals surface area contributed by atoms with Crippen LogP contribution in [-0.2, 0) is 9.53 Å². The van der Waals surface area contributed by atoms with Gasteiger partial charge in [0.05, 0.1) is 12.3 Å². The lowest BCUT2D eigenvalue weighted by molar-refractivity contribution is -0.141. The Balaban J connectivity index is 2.04. The number of benzene rings is 1. The molecule has 136 valence electrons. The van der Waals surface area contributed by atoms with Crippen LogP contribution in [0, 0.1) is 0 Å². The lowest BCUT2D eigenvalue weighted by Crippen LogP contribution is -2.31. The van der Waals surface area contributed by atoms with Crippen molar-refractivity contribution < 1.29 is 14.3 Å². The van der Waals surface area contributed by atoms with E-state index in [1.165, 1.54) is 0 Å². The number of nitrogens with zero attached hydrogens (tertiary/aromatic N) is 3. The first-order valence-electron chi connectivity index (χ1n) is 7.86. The third-order valence-corrected chi connectivity index (χ3v) is 4.20. The Hall–Kier alpha value is -2.94. The van der Waals surface area contributed by atoms with E-state index in [0.717, 1.165) is 11.8 Å². The molecular formula is C17H19N5O3S. The second-order valence-electron chi connectivity index (χ2n) is 4.97. The van der Waals surface area contributed by atoms with E-state index in [1.54, 1.807) is 56.6 Å². The number of nitrogens with one attached hydrogen (secondary N) is 2. The Morgan fingerprint density at radius 3 is 2.54 bits per heavy atom. The van der Waals surface area contributed by atoms with Gasteiger partial charge in [-0.3, -0.25) is 4.79 Å². The van der Waals surface area contributed by atoms with E-state index in [4.69, 9.17) is 4.74 Å². The topological polar surface area (TPSA) is 106 Å². The van der Waals surface area contributed by atoms with Crippen molar-refractivity contribution in [2.45, 2.75) is 24.3 Å². The minimum atomic E-state index is -0.769. The summed E-state index contributed by atoms with van der Waals surface area (Å²) in [6, 6.07) is 10.1. The zero-order chi connectivity index (χ0) is 18.8. The predicted octanol–water partition coefficient (Wildman–Crippen LogP) is 2.70. The summed E-state index contributed by atoms with van der Waals surface area (Å²) in [6.45, 7) is 3.58. The van der Waals surface area contributed by atoms with Crippen LogP contribution in [0.1, 0.15) is 13.8 Å². The molecule has 1 aromatic heterocycles. The molecule has 2 aromatic rings. The smallest absolute Gasteiger partial charge is 0.339 e. The molecule has 1 atom stereocenters. The van der Waals surface area contributed by atoms with Crippen molar-refractivity contribution in [1.82, 2.24) is 15.4 Å². The number of urea groups is 1. The van der Waals surface area contributed by atoms with Gasteiger partial charge in [-0.05, 0) is 32.0 Å². The molecule has 1 aromatic carbocycles. The first-order valence-corrected chi connectivity index (χ1v) is 8.74. The summed E-state index contributed by atoms with van der Waals surface area (Å²) >= 11 is 1.10. The third kappa shape index (κ3) is 6.17. The van der Waals surface area contributed by atoms with Crippen molar-refractivity contribution in [3.8, 4) is 0 Å². The predicted molar refractivity (Wildman–Crippen MR) is 100 cm³/mol. The van der Waals surface area contributed by atoms with Gasteiger partial charge >= 0.3 is 12.0 Å². The van der Waals surface area contributed by atoms with Gasteiger partial charge in [0.15, 0.2) is 5.16 Å². The average molecular weight is 373 g/mol. The minimum absolute atomic E-state index is 0.237. The summed E-state index contributed by atoms with van der Waals surface area (Å²) in [7, 11) is 0. The number of carbonyl (C=O) groups excluding carboxylic acids is 2. The molecule has 0 aliphatic rings. The molecule has 1 unspecified atom stereocenters. The van der Waals surface area contributed by atoms with E-state index >= 15 is 0 Å². The molecule has 9 heteroatoms. The highest BCUT2D eigenvalue weighted by Gasteiger charge is 2.26. The molecule has 0 radical (unpaired) electrons. The SMILES string of the molecule is CCOC(=O)C(Sc1ncccn1)/C(C)=N\NC(=O)Nc1ccccc1. The van der Waals surface area contributed by atoms with Crippen LogP contribution in [0.3, 0.4) is 0 Å². The lowest BCUT2D eigenvalue weighted by atomic mass is 10.3. The zero-order valence-corrected chi connectivity index (χ0v) is 15.2. The van der Waals surface area contributed by atoms with E-state index in [2.05, 4.69) is 25.8 Å². The molecule has 0 spiro atoms. The third-order valence-electron chi connectivity index (χ3n) is 3.01. The number of aromatic nitrogens is 2. The summed E-state index contributed by atoms with van der Waals surface area (Å²) in [5.41, 5.74) is 3.37. The maximum absolute atomic E-state index is 12.2. The van der Waals surface area contributed by atoms with E-state index in [1.807, 2.05) is 6.07 Å². The standard InChI is InChI=1S/C17H19N5O3S/c1-3-25-15(23)14(26-17-18-10-7-11-19-17)12(2)21-22-16(24)20-13-8-5-4-6-9-13/h4-11,14H,3H2,1-2H3,(H2,20,22,24)/b21-12-. The number of rotatable bonds is 7. The van der Waals surface area contributed by atoms with Gasteiger partial charge in [0.25, 0.3) is 0 Å². The van der Waals surface area contributed by atoms with Gasteiger partial charge in [-0.1, -0.05) is 30.0 Å². The maximum atomic E-state index is 12.2. The van der Waals surface area contributed by atoms with Crippen LogP contribution >= 0.6 is 11.8 Å². The minimum Gasteiger partial charge on any atom is -0.465 e. The second-order valence-corrected chi connectivity index (χ2v) is 6.04. The molecule has 0 saturated carbocycles. The van der Waals surface area contributed by atoms with Gasteiger partial charge in [-0.25, -0.2) is 20.2 Å². The number of carbonyl (C=O) groups is 2. The molecule has 8 nitrogen and oxygen atoms in total. The molecule has 2 N–H and O–H groups in total. The number of amides is 2. The molecule has 1 heterocycles. The Labute approximate surface area is 155 Å². The number of para-hydroxylation sites is 1. The fraction of sp³-hybridized carbons (Fsp3) is 0.235. The van der Waals surface area contributed by atoms with Gasteiger partial charge in [-0.15, -0.1) is 0 Å². The van der Waals surface area contributed by atoms with Gasteiger partial charge < -0.3 is 10.1 Å². The number of hydrogen-bond acceptors (Lipinski definition) is 7. The van der Waals surface area contributed by atoms with Crippen LogP contribution in [0.4, 0.5) is 10.5 Å². The molecular weight excluding hydrogens is 354 g/mol. The van der Waals surface area contributed by atoms with Crippen LogP contribution in [-0.4, -0.2) is 39.5 Å². The summed E-state index contributed by atoms with van der Waals surface area (Å²) in [5.74, 6) is -0.475. The first-order chi connectivity index (χ1) is 12.6. The number of esters is 1. The van der Waals surface area contributed by atoms with Crippen molar-refractivity contribution in [1.29, 1.82) is 0 Å². The van der Waals surface area contributed by atoms with Crippen LogP contribution in [0.25, 0.3) is 0 Å². The zero-order valence-electron chi connectivity index (χ0n) is 14.4. The van der Waals surface area contributed by atoms with Crippen LogP contribution < -0.4 is 10.7 Å². The number of hydrogen-bond donors (Lipinski definition) is 2. The van der Waals surface area contributed by atoms with E-state index < -0.39 is 17.3 Å². The van der Waals surface area contributed by atoms with E-state index in [-0.39, 0.29) is 6.61 Å². The summed E-state index contributed by atoms with van der Waals surface area (Å²) in [4.78, 5) is 32.3. The van der Waals surface area contributed by atoms with E-state index in [9.17, 15) is 9.59 Å². The monoisotopic (exact) mass is 373 g/mol. The highest BCUT2D eigenvalue weighted by molar-refractivity contribution is 8.01. The van der Waals surface area contributed by atoms with E-state index in [0.29, 0.717) is 16.6 Å². The summed E-state index contributed by atoms with van der Waals surface area (Å²) in [6.07, 6.45) is 3.16.